The Morgan fingerprint density at radius 1 is 0.706 bits per heavy atom. The van der Waals surface area contributed by atoms with Crippen molar-refractivity contribution >= 4 is 11.9 Å². The van der Waals surface area contributed by atoms with E-state index >= 15 is 0 Å². The van der Waals surface area contributed by atoms with E-state index in [1.807, 2.05) is 6.92 Å². The first kappa shape index (κ1) is 30.9. The van der Waals surface area contributed by atoms with Crippen LogP contribution < -0.4 is 0 Å². The summed E-state index contributed by atoms with van der Waals surface area (Å²) in [5.41, 5.74) is 0. The van der Waals surface area contributed by atoms with Gasteiger partial charge in [-0.05, 0) is 45.4 Å². The van der Waals surface area contributed by atoms with Crippen LogP contribution in [0.3, 0.4) is 0 Å². The van der Waals surface area contributed by atoms with Crippen molar-refractivity contribution in [1.29, 1.82) is 0 Å². The third kappa shape index (κ3) is 15.7. The third-order valence-electron chi connectivity index (χ3n) is 6.40. The molecule has 0 saturated carbocycles. The lowest BCUT2D eigenvalue weighted by molar-refractivity contribution is -0.178. The zero-order valence-corrected chi connectivity index (χ0v) is 22.4. The van der Waals surface area contributed by atoms with E-state index in [9.17, 15) is 9.59 Å². The highest BCUT2D eigenvalue weighted by molar-refractivity contribution is 5.69. The fourth-order valence-electron chi connectivity index (χ4n) is 4.35. The Morgan fingerprint density at radius 3 is 1.59 bits per heavy atom. The predicted molar refractivity (Wildman–Crippen MR) is 136 cm³/mol. The molecule has 1 fully saturated rings. The van der Waals surface area contributed by atoms with E-state index in [4.69, 9.17) is 18.9 Å². The van der Waals surface area contributed by atoms with Crippen molar-refractivity contribution in [3.8, 4) is 0 Å². The Hall–Kier alpha value is -1.14. The molecule has 0 aromatic carbocycles. The smallest absolute Gasteiger partial charge is 0.305 e. The van der Waals surface area contributed by atoms with E-state index in [-0.39, 0.29) is 18.0 Å². The number of carbonyl (C=O) groups is 2. The average Bonchev–Trinajstić information content (AvgIpc) is 3.19. The van der Waals surface area contributed by atoms with Crippen LogP contribution in [0.15, 0.2) is 0 Å². The molecule has 34 heavy (non-hydrogen) atoms. The second-order valence-electron chi connectivity index (χ2n) is 9.83. The fourth-order valence-corrected chi connectivity index (χ4v) is 4.35. The summed E-state index contributed by atoms with van der Waals surface area (Å²) in [5.74, 6) is -0.781. The highest BCUT2D eigenvalue weighted by atomic mass is 16.7. The molecule has 1 aliphatic heterocycles. The lowest BCUT2D eigenvalue weighted by Crippen LogP contribution is -2.31. The highest BCUT2D eigenvalue weighted by Gasteiger charge is 2.38. The van der Waals surface area contributed by atoms with Gasteiger partial charge in [0.15, 0.2) is 5.79 Å². The molecule has 1 heterocycles. The van der Waals surface area contributed by atoms with Gasteiger partial charge in [-0.15, -0.1) is 0 Å². The Labute approximate surface area is 208 Å². The van der Waals surface area contributed by atoms with Crippen LogP contribution in [0.2, 0.25) is 0 Å². The molecule has 0 amide bonds. The van der Waals surface area contributed by atoms with Crippen LogP contribution in [0.4, 0.5) is 0 Å². The molecule has 6 nitrogen and oxygen atoms in total. The average molecular weight is 485 g/mol. The van der Waals surface area contributed by atoms with Gasteiger partial charge in [-0.1, -0.05) is 65.2 Å². The van der Waals surface area contributed by atoms with Crippen molar-refractivity contribution in [1.82, 2.24) is 0 Å². The van der Waals surface area contributed by atoms with Crippen molar-refractivity contribution in [3.63, 3.8) is 0 Å². The molecule has 200 valence electrons. The molecule has 1 unspecified atom stereocenters. The van der Waals surface area contributed by atoms with Gasteiger partial charge in [-0.3, -0.25) is 9.59 Å². The second-order valence-corrected chi connectivity index (χ2v) is 9.83. The summed E-state index contributed by atoms with van der Waals surface area (Å²) in [7, 11) is 0. The SMILES string of the molecule is CCCCCCCOC(=O)CCCCC1(CCCCC(=O)OCCCCCCC)OCC(C)O1. The van der Waals surface area contributed by atoms with E-state index in [0.717, 1.165) is 64.2 Å². The van der Waals surface area contributed by atoms with E-state index in [0.29, 0.717) is 32.7 Å². The van der Waals surface area contributed by atoms with Crippen molar-refractivity contribution < 1.29 is 28.5 Å². The molecular weight excluding hydrogens is 432 g/mol. The normalized spacial score (nSPS) is 17.1. The van der Waals surface area contributed by atoms with Gasteiger partial charge in [0.25, 0.3) is 0 Å². The lowest BCUT2D eigenvalue weighted by atomic mass is 10.0. The molecule has 0 spiro atoms. The molecule has 0 bridgehead atoms. The second kappa shape index (κ2) is 20.1. The number of rotatable bonds is 22. The minimum atomic E-state index is -0.578. The molecule has 1 atom stereocenters. The molecule has 0 radical (unpaired) electrons. The molecule has 0 aromatic heterocycles. The molecule has 0 aromatic rings. The third-order valence-corrected chi connectivity index (χ3v) is 6.40. The van der Waals surface area contributed by atoms with Crippen molar-refractivity contribution in [3.05, 3.63) is 0 Å². The maximum absolute atomic E-state index is 11.9. The maximum Gasteiger partial charge on any atom is 0.305 e. The van der Waals surface area contributed by atoms with Crippen molar-refractivity contribution in [2.45, 2.75) is 148 Å². The summed E-state index contributed by atoms with van der Waals surface area (Å²) in [5, 5.41) is 0. The Bertz CT molecular complexity index is 485. The standard InChI is InChI=1S/C28H52O6/c1-4-6-8-10-16-22-31-26(29)18-12-14-20-28(33-24-25(3)34-28)21-15-13-19-27(30)32-23-17-11-9-7-5-2/h25H,4-24H2,1-3H3. The molecular formula is C28H52O6. The zero-order valence-electron chi connectivity index (χ0n) is 22.4. The maximum atomic E-state index is 11.9. The first-order chi connectivity index (χ1) is 16.5. The number of esters is 2. The van der Waals surface area contributed by atoms with Gasteiger partial charge in [0.05, 0.1) is 25.9 Å². The van der Waals surface area contributed by atoms with Crippen LogP contribution in [0.1, 0.15) is 136 Å². The highest BCUT2D eigenvalue weighted by Crippen LogP contribution is 2.34. The van der Waals surface area contributed by atoms with E-state index in [2.05, 4.69) is 13.8 Å². The van der Waals surface area contributed by atoms with Crippen LogP contribution in [0.25, 0.3) is 0 Å². The Kier molecular flexibility index (Phi) is 18.3. The minimum Gasteiger partial charge on any atom is -0.466 e. The van der Waals surface area contributed by atoms with E-state index in [1.165, 1.54) is 38.5 Å². The summed E-state index contributed by atoms with van der Waals surface area (Å²) in [4.78, 5) is 23.9. The Balaban J connectivity index is 2.14. The number of carbonyl (C=O) groups excluding carboxylic acids is 2. The fraction of sp³-hybridized carbons (Fsp3) is 0.929. The van der Waals surface area contributed by atoms with Crippen LogP contribution in [-0.4, -0.2) is 43.7 Å². The van der Waals surface area contributed by atoms with Gasteiger partial charge in [0.2, 0.25) is 0 Å². The number of hydrogen-bond donors (Lipinski definition) is 0. The summed E-state index contributed by atoms with van der Waals surface area (Å²) in [6.45, 7) is 8.09. The van der Waals surface area contributed by atoms with Gasteiger partial charge in [0.1, 0.15) is 0 Å². The van der Waals surface area contributed by atoms with Crippen LogP contribution in [-0.2, 0) is 28.5 Å². The van der Waals surface area contributed by atoms with Crippen molar-refractivity contribution in [2.24, 2.45) is 0 Å². The lowest BCUT2D eigenvalue weighted by Gasteiger charge is -2.28. The van der Waals surface area contributed by atoms with Gasteiger partial charge < -0.3 is 18.9 Å². The van der Waals surface area contributed by atoms with Gasteiger partial charge in [-0.2, -0.15) is 0 Å². The molecule has 0 N–H and O–H groups in total. The number of hydrogen-bond acceptors (Lipinski definition) is 6. The summed E-state index contributed by atoms with van der Waals surface area (Å²) in [6, 6.07) is 0. The quantitative estimate of drug-likeness (QED) is 0.119. The first-order valence-electron chi connectivity index (χ1n) is 14.1. The molecule has 1 rings (SSSR count). The van der Waals surface area contributed by atoms with E-state index < -0.39 is 5.79 Å². The van der Waals surface area contributed by atoms with E-state index in [1.54, 1.807) is 0 Å². The largest absolute Gasteiger partial charge is 0.466 e. The first-order valence-corrected chi connectivity index (χ1v) is 14.1. The Morgan fingerprint density at radius 2 is 1.18 bits per heavy atom. The number of unbranched alkanes of at least 4 members (excludes halogenated alkanes) is 10. The van der Waals surface area contributed by atoms with Crippen LogP contribution in [0.5, 0.6) is 0 Å². The van der Waals surface area contributed by atoms with Crippen LogP contribution in [0, 0.1) is 0 Å². The number of ether oxygens (including phenoxy) is 4. The molecule has 1 saturated heterocycles. The van der Waals surface area contributed by atoms with Gasteiger partial charge in [-0.25, -0.2) is 0 Å². The summed E-state index contributed by atoms with van der Waals surface area (Å²) in [6.07, 6.45) is 17.4. The summed E-state index contributed by atoms with van der Waals surface area (Å²) < 4.78 is 22.9. The molecule has 6 heteroatoms. The van der Waals surface area contributed by atoms with Gasteiger partial charge in [0, 0.05) is 25.7 Å². The monoisotopic (exact) mass is 484 g/mol. The van der Waals surface area contributed by atoms with Gasteiger partial charge >= 0.3 is 11.9 Å². The molecule has 1 aliphatic rings. The van der Waals surface area contributed by atoms with Crippen LogP contribution >= 0.6 is 0 Å². The minimum absolute atomic E-state index is 0.0790. The zero-order chi connectivity index (χ0) is 24.9. The predicted octanol–water partition coefficient (Wildman–Crippen LogP) is 7.27. The molecule has 0 aliphatic carbocycles. The topological polar surface area (TPSA) is 71.1 Å². The van der Waals surface area contributed by atoms with Crippen molar-refractivity contribution in [2.75, 3.05) is 19.8 Å². The summed E-state index contributed by atoms with van der Waals surface area (Å²) >= 11 is 0.